The Kier molecular flexibility index (Phi) is 4.40. The van der Waals surface area contributed by atoms with Crippen LogP contribution in [0.1, 0.15) is 5.56 Å². The van der Waals surface area contributed by atoms with Crippen LogP contribution in [-0.2, 0) is 0 Å². The Bertz CT molecular complexity index is 444. The van der Waals surface area contributed by atoms with Gasteiger partial charge in [-0.1, -0.05) is 37.3 Å². The number of aliphatic imine (C=N–C) groups is 1. The normalized spacial score (nSPS) is 11.9. The smallest absolute Gasteiger partial charge is 0.143 e. The maximum atomic E-state index is 4.33. The van der Waals surface area contributed by atoms with Gasteiger partial charge in [0.05, 0.1) is 5.69 Å². The first-order valence-electron chi connectivity index (χ1n) is 5.24. The molecule has 84 valence electrons. The van der Waals surface area contributed by atoms with Gasteiger partial charge in [-0.15, -0.1) is 18.2 Å². The van der Waals surface area contributed by atoms with Crippen molar-refractivity contribution in [2.75, 3.05) is 0 Å². The van der Waals surface area contributed by atoms with E-state index in [1.807, 2.05) is 24.3 Å². The zero-order chi connectivity index (χ0) is 12.2. The summed E-state index contributed by atoms with van der Waals surface area (Å²) in [6.45, 7) is 8.66. The molecule has 0 amide bonds. The van der Waals surface area contributed by atoms with Gasteiger partial charge in [0.25, 0.3) is 0 Å². The molecular formula is C13H17NSSi. The fourth-order valence-electron chi connectivity index (χ4n) is 1.01. The molecule has 0 saturated heterocycles. The first-order valence-corrected chi connectivity index (χ1v) is 9.19. The number of hydrogen-bond acceptors (Lipinski definition) is 1. The molecule has 0 radical (unpaired) electrons. The fraction of sp³-hybridized carbons (Fsp3) is 0.308. The van der Waals surface area contributed by atoms with E-state index in [1.165, 1.54) is 5.56 Å². The minimum Gasteiger partial charge on any atom is -0.233 e. The summed E-state index contributed by atoms with van der Waals surface area (Å²) in [4.78, 5) is 4.33. The minimum absolute atomic E-state index is 0.589. The molecule has 0 aliphatic carbocycles. The highest BCUT2D eigenvalue weighted by molar-refractivity contribution is 7.97. The highest BCUT2D eigenvalue weighted by Crippen LogP contribution is 2.13. The van der Waals surface area contributed by atoms with Crippen molar-refractivity contribution in [2.45, 2.75) is 26.6 Å². The zero-order valence-electron chi connectivity index (χ0n) is 10.2. The SMILES string of the molecule is Cc1ccc(N=C(S)C#C[Si](C)(C)C)cc1. The lowest BCUT2D eigenvalue weighted by Gasteiger charge is -2.02. The van der Waals surface area contributed by atoms with E-state index < -0.39 is 8.07 Å². The Morgan fingerprint density at radius 1 is 1.19 bits per heavy atom. The summed E-state index contributed by atoms with van der Waals surface area (Å²) in [6, 6.07) is 8.02. The lowest BCUT2D eigenvalue weighted by Crippen LogP contribution is -2.16. The lowest BCUT2D eigenvalue weighted by atomic mass is 10.2. The van der Waals surface area contributed by atoms with Gasteiger partial charge in [-0.05, 0) is 25.0 Å². The molecule has 0 aliphatic heterocycles. The molecule has 1 aromatic carbocycles. The van der Waals surface area contributed by atoms with Gasteiger partial charge in [0.1, 0.15) is 13.1 Å². The Morgan fingerprint density at radius 3 is 2.25 bits per heavy atom. The molecule has 0 heterocycles. The standard InChI is InChI=1S/C13H17NSSi/c1-11-5-7-12(8-6-11)14-13(15)9-10-16(2,3)4/h5-8H,1-4H3,(H,14,15). The highest BCUT2D eigenvalue weighted by atomic mass is 32.1. The van der Waals surface area contributed by atoms with Crippen LogP contribution in [0.4, 0.5) is 5.69 Å². The summed E-state index contributed by atoms with van der Waals surface area (Å²) in [7, 11) is -1.34. The average molecular weight is 247 g/mol. The van der Waals surface area contributed by atoms with Gasteiger partial charge < -0.3 is 0 Å². The van der Waals surface area contributed by atoms with Gasteiger partial charge >= 0.3 is 0 Å². The van der Waals surface area contributed by atoms with E-state index in [1.54, 1.807) is 0 Å². The Balaban J connectivity index is 2.84. The molecule has 0 unspecified atom stereocenters. The molecular weight excluding hydrogens is 230 g/mol. The number of thiol groups is 1. The maximum Gasteiger partial charge on any atom is 0.143 e. The van der Waals surface area contributed by atoms with Gasteiger partial charge in [0, 0.05) is 0 Å². The molecule has 0 saturated carbocycles. The first kappa shape index (κ1) is 13.1. The van der Waals surface area contributed by atoms with E-state index in [0.717, 1.165) is 5.69 Å². The molecule has 3 heteroatoms. The molecule has 0 aromatic heterocycles. The third kappa shape index (κ3) is 5.20. The van der Waals surface area contributed by atoms with Crippen LogP contribution in [0.5, 0.6) is 0 Å². The van der Waals surface area contributed by atoms with Crippen LogP contribution in [-0.4, -0.2) is 13.1 Å². The van der Waals surface area contributed by atoms with Crippen LogP contribution in [0.2, 0.25) is 19.6 Å². The molecule has 0 spiro atoms. The summed E-state index contributed by atoms with van der Waals surface area (Å²) in [6.07, 6.45) is 0. The van der Waals surface area contributed by atoms with Crippen molar-refractivity contribution in [3.63, 3.8) is 0 Å². The average Bonchev–Trinajstić information content (AvgIpc) is 2.18. The largest absolute Gasteiger partial charge is 0.233 e. The Morgan fingerprint density at radius 2 is 1.75 bits per heavy atom. The number of rotatable bonds is 1. The Hall–Kier alpha value is -0.983. The van der Waals surface area contributed by atoms with Crippen LogP contribution in [0.25, 0.3) is 0 Å². The van der Waals surface area contributed by atoms with E-state index in [-0.39, 0.29) is 0 Å². The fourth-order valence-corrected chi connectivity index (χ4v) is 1.78. The molecule has 1 nitrogen and oxygen atoms in total. The second-order valence-corrected chi connectivity index (χ2v) is 9.94. The van der Waals surface area contributed by atoms with Crippen LogP contribution >= 0.6 is 12.6 Å². The summed E-state index contributed by atoms with van der Waals surface area (Å²) >= 11 is 4.28. The van der Waals surface area contributed by atoms with Crippen molar-refractivity contribution in [3.8, 4) is 11.5 Å². The van der Waals surface area contributed by atoms with Gasteiger partial charge in [-0.3, -0.25) is 0 Å². The molecule has 1 rings (SSSR count). The summed E-state index contributed by atoms with van der Waals surface area (Å²) in [5, 5.41) is 0.589. The predicted molar refractivity (Wildman–Crippen MR) is 78.4 cm³/mol. The highest BCUT2D eigenvalue weighted by Gasteiger charge is 2.07. The van der Waals surface area contributed by atoms with Crippen molar-refractivity contribution < 1.29 is 0 Å². The van der Waals surface area contributed by atoms with E-state index >= 15 is 0 Å². The van der Waals surface area contributed by atoms with Crippen LogP contribution in [0.15, 0.2) is 29.3 Å². The first-order chi connectivity index (χ1) is 7.37. The van der Waals surface area contributed by atoms with E-state index in [2.05, 4.69) is 55.7 Å². The van der Waals surface area contributed by atoms with Gasteiger partial charge in [0.2, 0.25) is 0 Å². The third-order valence-corrected chi connectivity index (χ3v) is 2.91. The maximum absolute atomic E-state index is 4.33. The van der Waals surface area contributed by atoms with Crippen LogP contribution < -0.4 is 0 Å². The number of hydrogen-bond donors (Lipinski definition) is 1. The second kappa shape index (κ2) is 5.38. The quantitative estimate of drug-likeness (QED) is 0.254. The monoisotopic (exact) mass is 247 g/mol. The van der Waals surface area contributed by atoms with E-state index in [9.17, 15) is 0 Å². The van der Waals surface area contributed by atoms with Crippen molar-refractivity contribution in [2.24, 2.45) is 4.99 Å². The van der Waals surface area contributed by atoms with E-state index in [4.69, 9.17) is 0 Å². The Labute approximate surface area is 104 Å². The summed E-state index contributed by atoms with van der Waals surface area (Å²) in [5.41, 5.74) is 5.37. The number of nitrogens with zero attached hydrogens (tertiary/aromatic N) is 1. The van der Waals surface area contributed by atoms with Crippen molar-refractivity contribution in [3.05, 3.63) is 29.8 Å². The van der Waals surface area contributed by atoms with Crippen molar-refractivity contribution in [1.82, 2.24) is 0 Å². The molecule has 0 fully saturated rings. The molecule has 1 aromatic rings. The van der Waals surface area contributed by atoms with E-state index in [0.29, 0.717) is 5.04 Å². The lowest BCUT2D eigenvalue weighted by molar-refractivity contribution is 1.44. The molecule has 0 aliphatic rings. The minimum atomic E-state index is -1.34. The molecule has 16 heavy (non-hydrogen) atoms. The predicted octanol–water partition coefficient (Wildman–Crippen LogP) is 3.84. The van der Waals surface area contributed by atoms with Crippen molar-refractivity contribution in [1.29, 1.82) is 0 Å². The third-order valence-electron chi connectivity index (χ3n) is 1.82. The van der Waals surface area contributed by atoms with Crippen LogP contribution in [0.3, 0.4) is 0 Å². The van der Waals surface area contributed by atoms with Gasteiger partial charge in [-0.2, -0.15) is 0 Å². The number of benzene rings is 1. The van der Waals surface area contributed by atoms with Crippen molar-refractivity contribution >= 4 is 31.4 Å². The molecule has 0 atom stereocenters. The van der Waals surface area contributed by atoms with Gasteiger partial charge in [-0.25, -0.2) is 4.99 Å². The zero-order valence-corrected chi connectivity index (χ0v) is 12.1. The van der Waals surface area contributed by atoms with Gasteiger partial charge in [0.15, 0.2) is 0 Å². The van der Waals surface area contributed by atoms with Crippen LogP contribution in [0, 0.1) is 18.4 Å². The summed E-state index contributed by atoms with van der Waals surface area (Å²) < 4.78 is 0. The topological polar surface area (TPSA) is 12.4 Å². The summed E-state index contributed by atoms with van der Waals surface area (Å²) in [5.74, 6) is 3.01. The molecule has 0 bridgehead atoms. The molecule has 0 N–H and O–H groups in total. The number of aryl methyl sites for hydroxylation is 1. The second-order valence-electron chi connectivity index (χ2n) is 4.77.